The van der Waals surface area contributed by atoms with E-state index in [4.69, 9.17) is 14.2 Å². The fraction of sp³-hybridized carbons (Fsp3) is 0.654. The molecule has 0 amide bonds. The summed E-state index contributed by atoms with van der Waals surface area (Å²) in [7, 11) is 1.72. The Morgan fingerprint density at radius 3 is 0.800 bits per heavy atom. The van der Waals surface area contributed by atoms with Crippen LogP contribution in [0.4, 0.5) is 0 Å². The van der Waals surface area contributed by atoms with Crippen molar-refractivity contribution < 1.29 is 14.2 Å². The monoisotopic (exact) mass is 755 g/mol. The highest BCUT2D eigenvalue weighted by Gasteiger charge is 2.17. The first-order chi connectivity index (χ1) is 27.2. The van der Waals surface area contributed by atoms with Crippen molar-refractivity contribution >= 4 is 0 Å². The van der Waals surface area contributed by atoms with Crippen molar-refractivity contribution in [2.24, 2.45) is 0 Å². The van der Waals surface area contributed by atoms with Crippen LogP contribution in [0.3, 0.4) is 0 Å². The molecule has 3 aromatic carbocycles. The Bertz CT molecular complexity index is 1190. The Morgan fingerprint density at radius 2 is 0.545 bits per heavy atom. The van der Waals surface area contributed by atoms with Gasteiger partial charge in [0.1, 0.15) is 17.2 Å². The van der Waals surface area contributed by atoms with E-state index in [2.05, 4.69) is 86.6 Å². The van der Waals surface area contributed by atoms with Crippen LogP contribution in [0, 0.1) is 0 Å². The van der Waals surface area contributed by atoms with E-state index in [0.29, 0.717) is 0 Å². The minimum Gasteiger partial charge on any atom is -0.497 e. The van der Waals surface area contributed by atoms with Gasteiger partial charge in [-0.1, -0.05) is 217 Å². The summed E-state index contributed by atoms with van der Waals surface area (Å²) in [6.45, 7) is 6.17. The average Bonchev–Trinajstić information content (AvgIpc) is 3.22. The summed E-state index contributed by atoms with van der Waals surface area (Å²) in [6, 6.07) is 26.0. The maximum absolute atomic E-state index is 6.18. The molecule has 3 heteroatoms. The Balaban J connectivity index is 1.33. The van der Waals surface area contributed by atoms with Crippen LogP contribution < -0.4 is 14.2 Å². The van der Waals surface area contributed by atoms with Gasteiger partial charge in [0.25, 0.3) is 0 Å². The molecule has 3 rings (SSSR count). The number of hydrogen-bond donors (Lipinski definition) is 0. The Hall–Kier alpha value is -2.94. The van der Waals surface area contributed by atoms with E-state index < -0.39 is 0 Å². The van der Waals surface area contributed by atoms with Gasteiger partial charge in [-0.05, 0) is 65.9 Å². The van der Waals surface area contributed by atoms with Gasteiger partial charge >= 0.3 is 0 Å². The van der Waals surface area contributed by atoms with Gasteiger partial charge in [0.05, 0.1) is 20.3 Å². The van der Waals surface area contributed by atoms with Crippen LogP contribution >= 0.6 is 0 Å². The van der Waals surface area contributed by atoms with Crippen LogP contribution in [0.1, 0.15) is 216 Å². The van der Waals surface area contributed by atoms with Gasteiger partial charge < -0.3 is 14.2 Å². The van der Waals surface area contributed by atoms with Crippen LogP contribution in [-0.4, -0.2) is 20.3 Å². The summed E-state index contributed by atoms with van der Waals surface area (Å²) >= 11 is 0. The summed E-state index contributed by atoms with van der Waals surface area (Å²) < 4.78 is 17.8. The van der Waals surface area contributed by atoms with Gasteiger partial charge in [-0.15, -0.1) is 0 Å². The second-order valence-electron chi connectivity index (χ2n) is 16.2. The third-order valence-corrected chi connectivity index (χ3v) is 11.4. The van der Waals surface area contributed by atoms with Gasteiger partial charge in [0.15, 0.2) is 0 Å². The molecule has 0 saturated heterocycles. The summed E-state index contributed by atoms with van der Waals surface area (Å²) in [5.41, 5.74) is 3.75. The lowest BCUT2D eigenvalue weighted by molar-refractivity contribution is 0.304. The van der Waals surface area contributed by atoms with Crippen molar-refractivity contribution in [2.75, 3.05) is 20.3 Å². The van der Waals surface area contributed by atoms with Crippen LogP contribution in [0.15, 0.2) is 72.8 Å². The molecule has 0 aliphatic heterocycles. The third-order valence-electron chi connectivity index (χ3n) is 11.4. The van der Waals surface area contributed by atoms with E-state index in [1.165, 1.54) is 184 Å². The van der Waals surface area contributed by atoms with Crippen molar-refractivity contribution in [1.29, 1.82) is 0 Å². The van der Waals surface area contributed by atoms with Crippen LogP contribution in [0.2, 0.25) is 0 Å². The minimum absolute atomic E-state index is 0.116. The molecule has 0 N–H and O–H groups in total. The van der Waals surface area contributed by atoms with E-state index >= 15 is 0 Å². The lowest BCUT2D eigenvalue weighted by Crippen LogP contribution is -2.04. The molecule has 0 heterocycles. The fourth-order valence-electron chi connectivity index (χ4n) is 7.86. The smallest absolute Gasteiger partial charge is 0.119 e. The normalized spacial score (nSPS) is 11.3. The van der Waals surface area contributed by atoms with Crippen molar-refractivity contribution in [3.8, 4) is 17.2 Å². The van der Waals surface area contributed by atoms with E-state index in [1.807, 2.05) is 0 Å². The third kappa shape index (κ3) is 21.8. The summed E-state index contributed by atoms with van der Waals surface area (Å²) in [4.78, 5) is 0. The van der Waals surface area contributed by atoms with Crippen LogP contribution in [-0.2, 0) is 0 Å². The second-order valence-corrected chi connectivity index (χ2v) is 16.2. The number of unbranched alkanes of at least 4 members (excludes halogenated alkanes) is 26. The second kappa shape index (κ2) is 32.2. The Kier molecular flexibility index (Phi) is 27.2. The predicted octanol–water partition coefficient (Wildman–Crippen LogP) is 16.6. The summed E-state index contributed by atoms with van der Waals surface area (Å²) in [6.07, 6.45) is 38.5. The SMILES string of the molecule is CCCCCCCCCCCCCCCCOc1ccc(C(c2ccc(OC)cc2)c2ccc(OCCCCCCCCCCCCCCCC)cc2)cc1. The maximum Gasteiger partial charge on any atom is 0.119 e. The zero-order chi connectivity index (χ0) is 38.9. The van der Waals surface area contributed by atoms with E-state index in [9.17, 15) is 0 Å². The maximum atomic E-state index is 6.18. The van der Waals surface area contributed by atoms with Gasteiger partial charge in [0.2, 0.25) is 0 Å². The van der Waals surface area contributed by atoms with Crippen molar-refractivity contribution in [2.45, 2.75) is 200 Å². The molecule has 0 fully saturated rings. The predicted molar refractivity (Wildman–Crippen MR) is 238 cm³/mol. The average molecular weight is 755 g/mol. The van der Waals surface area contributed by atoms with E-state index in [0.717, 1.165) is 43.3 Å². The molecule has 308 valence electrons. The zero-order valence-electron chi connectivity index (χ0n) is 35.9. The number of ether oxygens (including phenoxy) is 3. The molecule has 0 aliphatic rings. The fourth-order valence-corrected chi connectivity index (χ4v) is 7.86. The highest BCUT2D eigenvalue weighted by atomic mass is 16.5. The van der Waals surface area contributed by atoms with Gasteiger partial charge in [-0.2, -0.15) is 0 Å². The first-order valence-electron chi connectivity index (χ1n) is 23.3. The first kappa shape index (κ1) is 46.4. The van der Waals surface area contributed by atoms with E-state index in [1.54, 1.807) is 7.11 Å². The Morgan fingerprint density at radius 1 is 0.309 bits per heavy atom. The number of rotatable bonds is 36. The molecule has 0 aliphatic carbocycles. The summed E-state index contributed by atoms with van der Waals surface area (Å²) in [5, 5.41) is 0. The standard InChI is InChI=1S/C52H82O3/c1-4-6-8-10-12-14-16-18-20-22-24-26-28-30-44-54-50-40-34-47(35-41-50)52(46-32-38-49(53-3)39-33-46)48-36-42-51(43-37-48)55-45-31-29-27-25-23-21-19-17-15-13-11-9-7-5-2/h32-43,52H,4-31,44-45H2,1-3H3. The van der Waals surface area contributed by atoms with E-state index in [-0.39, 0.29) is 5.92 Å². The van der Waals surface area contributed by atoms with Crippen molar-refractivity contribution in [3.63, 3.8) is 0 Å². The first-order valence-corrected chi connectivity index (χ1v) is 23.3. The molecule has 55 heavy (non-hydrogen) atoms. The van der Waals surface area contributed by atoms with Crippen molar-refractivity contribution in [3.05, 3.63) is 89.5 Å². The molecule has 0 unspecified atom stereocenters. The molecule has 0 spiro atoms. The quantitative estimate of drug-likeness (QED) is 0.0437. The topological polar surface area (TPSA) is 27.7 Å². The molecule has 0 radical (unpaired) electrons. The zero-order valence-corrected chi connectivity index (χ0v) is 35.9. The largest absolute Gasteiger partial charge is 0.497 e. The van der Waals surface area contributed by atoms with Gasteiger partial charge in [0, 0.05) is 5.92 Å². The molecule has 0 saturated carbocycles. The molecular formula is C52H82O3. The molecule has 0 aromatic heterocycles. The molecular weight excluding hydrogens is 673 g/mol. The molecule has 3 nitrogen and oxygen atoms in total. The van der Waals surface area contributed by atoms with Crippen LogP contribution in [0.5, 0.6) is 17.2 Å². The molecule has 0 bridgehead atoms. The van der Waals surface area contributed by atoms with Crippen molar-refractivity contribution in [1.82, 2.24) is 0 Å². The number of methoxy groups -OCH3 is 1. The summed E-state index contributed by atoms with van der Waals surface area (Å²) in [5.74, 6) is 2.91. The van der Waals surface area contributed by atoms with Crippen LogP contribution in [0.25, 0.3) is 0 Å². The highest BCUT2D eigenvalue weighted by Crippen LogP contribution is 2.35. The highest BCUT2D eigenvalue weighted by molar-refractivity contribution is 5.46. The van der Waals surface area contributed by atoms with Gasteiger partial charge in [-0.25, -0.2) is 0 Å². The van der Waals surface area contributed by atoms with Gasteiger partial charge in [-0.3, -0.25) is 0 Å². The lowest BCUT2D eigenvalue weighted by Gasteiger charge is -2.20. The minimum atomic E-state index is 0.116. The molecule has 0 atom stereocenters. The molecule has 3 aromatic rings. The lowest BCUT2D eigenvalue weighted by atomic mass is 9.85. The number of hydrogen-bond acceptors (Lipinski definition) is 3. The Labute approximate surface area is 339 Å². The number of benzene rings is 3.